The first kappa shape index (κ1) is 15.9. The fourth-order valence-corrected chi connectivity index (χ4v) is 2.96. The Morgan fingerprint density at radius 3 is 2.52 bits per heavy atom. The lowest BCUT2D eigenvalue weighted by Gasteiger charge is -2.34. The Morgan fingerprint density at radius 2 is 1.90 bits per heavy atom. The summed E-state index contributed by atoms with van der Waals surface area (Å²) in [6.07, 6.45) is 5.17. The molecular weight excluding hydrogens is 274 g/mol. The van der Waals surface area contributed by atoms with Crippen LogP contribution in [-0.2, 0) is 0 Å². The minimum Gasteiger partial charge on any atom is -0.334 e. The Bertz CT molecular complexity index is 513. The van der Waals surface area contributed by atoms with E-state index in [2.05, 4.69) is 0 Å². The maximum Gasteiger partial charge on any atom is 0.257 e. The molecule has 1 amide bonds. The lowest BCUT2D eigenvalue weighted by molar-refractivity contribution is 0.0636. The highest BCUT2D eigenvalue weighted by Crippen LogP contribution is 2.25. The number of aryl methyl sites for hydroxylation is 1. The van der Waals surface area contributed by atoms with Gasteiger partial charge >= 0.3 is 0 Å². The first-order chi connectivity index (χ1) is 10.0. The zero-order chi connectivity index (χ0) is 15.4. The van der Waals surface area contributed by atoms with Crippen molar-refractivity contribution < 1.29 is 13.6 Å². The lowest BCUT2D eigenvalue weighted by atomic mass is 9.93. The van der Waals surface area contributed by atoms with Crippen LogP contribution in [0.3, 0.4) is 0 Å². The van der Waals surface area contributed by atoms with E-state index in [4.69, 9.17) is 5.73 Å². The second kappa shape index (κ2) is 6.98. The van der Waals surface area contributed by atoms with E-state index in [1.165, 1.54) is 19.4 Å². The predicted molar refractivity (Wildman–Crippen MR) is 78.1 cm³/mol. The maximum absolute atomic E-state index is 13.9. The molecule has 0 heterocycles. The summed E-state index contributed by atoms with van der Waals surface area (Å²) in [5.41, 5.74) is 5.81. The molecule has 1 fully saturated rings. The van der Waals surface area contributed by atoms with Crippen LogP contribution in [0, 0.1) is 18.6 Å². The second-order valence-corrected chi connectivity index (χ2v) is 5.66. The fourth-order valence-electron chi connectivity index (χ4n) is 2.96. The number of hydrogen-bond acceptors (Lipinski definition) is 2. The summed E-state index contributed by atoms with van der Waals surface area (Å²) in [5, 5.41) is 0. The molecule has 1 aromatic carbocycles. The summed E-state index contributed by atoms with van der Waals surface area (Å²) >= 11 is 0. The molecule has 1 saturated carbocycles. The zero-order valence-corrected chi connectivity index (χ0v) is 12.4. The summed E-state index contributed by atoms with van der Waals surface area (Å²) in [5.74, 6) is -1.82. The first-order valence-electron chi connectivity index (χ1n) is 7.51. The first-order valence-corrected chi connectivity index (χ1v) is 7.51. The van der Waals surface area contributed by atoms with E-state index in [1.807, 2.05) is 0 Å². The predicted octanol–water partition coefficient (Wildman–Crippen LogP) is 3.01. The summed E-state index contributed by atoms with van der Waals surface area (Å²) in [7, 11) is 0. The normalized spacial score (nSPS) is 16.0. The number of nitrogens with zero attached hydrogens (tertiary/aromatic N) is 1. The number of carbonyl (C=O) groups excluding carboxylic acids is 1. The van der Waals surface area contributed by atoms with E-state index in [0.29, 0.717) is 13.1 Å². The van der Waals surface area contributed by atoms with Gasteiger partial charge in [-0.15, -0.1) is 0 Å². The van der Waals surface area contributed by atoms with Gasteiger partial charge in [-0.3, -0.25) is 4.79 Å². The van der Waals surface area contributed by atoms with Gasteiger partial charge in [-0.2, -0.15) is 0 Å². The van der Waals surface area contributed by atoms with Crippen molar-refractivity contribution in [2.75, 3.05) is 13.1 Å². The van der Waals surface area contributed by atoms with Crippen molar-refractivity contribution in [3.8, 4) is 0 Å². The van der Waals surface area contributed by atoms with E-state index >= 15 is 0 Å². The smallest absolute Gasteiger partial charge is 0.257 e. The molecule has 0 spiro atoms. The molecule has 0 aliphatic heterocycles. The molecule has 3 nitrogen and oxygen atoms in total. The van der Waals surface area contributed by atoms with Crippen LogP contribution in [0.2, 0.25) is 0 Å². The van der Waals surface area contributed by atoms with Gasteiger partial charge < -0.3 is 10.6 Å². The van der Waals surface area contributed by atoms with E-state index in [1.54, 1.807) is 4.90 Å². The topological polar surface area (TPSA) is 46.3 Å². The molecule has 0 aromatic heterocycles. The highest BCUT2D eigenvalue weighted by Gasteiger charge is 2.27. The van der Waals surface area contributed by atoms with Gasteiger partial charge in [0.25, 0.3) is 5.91 Å². The standard InChI is InChI=1S/C16H22F2N2O/c1-11-9-13(15(18)10-14(11)17)16(21)20(8-7-19)12-5-3-2-4-6-12/h9-10,12H,2-8,19H2,1H3. The van der Waals surface area contributed by atoms with Crippen molar-refractivity contribution in [1.29, 1.82) is 0 Å². The number of rotatable bonds is 4. The van der Waals surface area contributed by atoms with Crippen LogP contribution >= 0.6 is 0 Å². The SMILES string of the molecule is Cc1cc(C(=O)N(CCN)C2CCCCC2)c(F)cc1F. The quantitative estimate of drug-likeness (QED) is 0.928. The van der Waals surface area contributed by atoms with Gasteiger partial charge in [-0.25, -0.2) is 8.78 Å². The minimum absolute atomic E-state index is 0.0621. The second-order valence-electron chi connectivity index (χ2n) is 5.66. The zero-order valence-electron chi connectivity index (χ0n) is 12.4. The average Bonchev–Trinajstić information content (AvgIpc) is 2.49. The highest BCUT2D eigenvalue weighted by atomic mass is 19.1. The van der Waals surface area contributed by atoms with Gasteiger partial charge in [0, 0.05) is 25.2 Å². The van der Waals surface area contributed by atoms with E-state index < -0.39 is 11.6 Å². The Morgan fingerprint density at radius 1 is 1.24 bits per heavy atom. The highest BCUT2D eigenvalue weighted by molar-refractivity contribution is 5.95. The third kappa shape index (κ3) is 3.59. The average molecular weight is 296 g/mol. The van der Waals surface area contributed by atoms with Gasteiger partial charge in [0.2, 0.25) is 0 Å². The van der Waals surface area contributed by atoms with Crippen LogP contribution in [-0.4, -0.2) is 29.9 Å². The van der Waals surface area contributed by atoms with E-state index in [0.717, 1.165) is 31.7 Å². The van der Waals surface area contributed by atoms with E-state index in [9.17, 15) is 13.6 Å². The third-order valence-electron chi connectivity index (χ3n) is 4.13. The van der Waals surface area contributed by atoms with Crippen LogP contribution in [0.4, 0.5) is 8.78 Å². The van der Waals surface area contributed by atoms with Crippen molar-refractivity contribution >= 4 is 5.91 Å². The van der Waals surface area contributed by atoms with Crippen LogP contribution < -0.4 is 5.73 Å². The molecule has 1 aromatic rings. The molecule has 116 valence electrons. The van der Waals surface area contributed by atoms with Crippen molar-refractivity contribution in [2.24, 2.45) is 5.73 Å². The van der Waals surface area contributed by atoms with Crippen LogP contribution in [0.25, 0.3) is 0 Å². The number of benzene rings is 1. The Hall–Kier alpha value is -1.49. The largest absolute Gasteiger partial charge is 0.334 e. The van der Waals surface area contributed by atoms with Gasteiger partial charge in [-0.05, 0) is 31.4 Å². The van der Waals surface area contributed by atoms with Crippen LogP contribution in [0.5, 0.6) is 0 Å². The van der Waals surface area contributed by atoms with Gasteiger partial charge in [0.05, 0.1) is 5.56 Å². The Labute approximate surface area is 124 Å². The van der Waals surface area contributed by atoms with Crippen molar-refractivity contribution in [3.63, 3.8) is 0 Å². The molecular formula is C16H22F2N2O. The maximum atomic E-state index is 13.9. The van der Waals surface area contributed by atoms with Gasteiger partial charge in [0.1, 0.15) is 11.6 Å². The minimum atomic E-state index is -0.805. The summed E-state index contributed by atoms with van der Waals surface area (Å²) < 4.78 is 27.3. The molecule has 0 unspecified atom stereocenters. The molecule has 2 N–H and O–H groups in total. The van der Waals surface area contributed by atoms with Crippen LogP contribution in [0.1, 0.15) is 48.0 Å². The van der Waals surface area contributed by atoms with E-state index in [-0.39, 0.29) is 23.1 Å². The molecule has 0 radical (unpaired) electrons. The monoisotopic (exact) mass is 296 g/mol. The molecule has 1 aliphatic rings. The van der Waals surface area contributed by atoms with Crippen molar-refractivity contribution in [1.82, 2.24) is 4.90 Å². The molecule has 0 atom stereocenters. The number of amides is 1. The molecule has 0 bridgehead atoms. The summed E-state index contributed by atoms with van der Waals surface area (Å²) in [4.78, 5) is 14.3. The third-order valence-corrected chi connectivity index (χ3v) is 4.13. The number of halogens is 2. The lowest BCUT2D eigenvalue weighted by Crippen LogP contribution is -2.44. The van der Waals surface area contributed by atoms with Crippen molar-refractivity contribution in [3.05, 3.63) is 34.9 Å². The fraction of sp³-hybridized carbons (Fsp3) is 0.562. The van der Waals surface area contributed by atoms with Crippen LogP contribution in [0.15, 0.2) is 12.1 Å². The number of carbonyl (C=O) groups is 1. The number of nitrogens with two attached hydrogens (primary N) is 1. The molecule has 2 rings (SSSR count). The molecule has 21 heavy (non-hydrogen) atoms. The molecule has 1 aliphatic carbocycles. The van der Waals surface area contributed by atoms with Gasteiger partial charge in [-0.1, -0.05) is 19.3 Å². The number of hydrogen-bond donors (Lipinski definition) is 1. The Balaban J connectivity index is 2.27. The van der Waals surface area contributed by atoms with Crippen molar-refractivity contribution in [2.45, 2.75) is 45.1 Å². The Kier molecular flexibility index (Phi) is 5.28. The molecule has 0 saturated heterocycles. The van der Waals surface area contributed by atoms with Gasteiger partial charge in [0.15, 0.2) is 0 Å². The summed E-state index contributed by atoms with van der Waals surface area (Å²) in [6, 6.07) is 2.18. The molecule has 5 heteroatoms. The summed E-state index contributed by atoms with van der Waals surface area (Å²) in [6.45, 7) is 2.27.